The van der Waals surface area contributed by atoms with E-state index in [4.69, 9.17) is 16.3 Å². The van der Waals surface area contributed by atoms with Gasteiger partial charge in [-0.25, -0.2) is 0 Å². The molecule has 0 aromatic carbocycles. The molecule has 0 saturated carbocycles. The third-order valence-electron chi connectivity index (χ3n) is 3.01. The summed E-state index contributed by atoms with van der Waals surface area (Å²) in [6.45, 7) is 6.51. The van der Waals surface area contributed by atoms with Gasteiger partial charge in [-0.2, -0.15) is 0 Å². The van der Waals surface area contributed by atoms with E-state index in [1.54, 1.807) is 0 Å². The predicted octanol–water partition coefficient (Wildman–Crippen LogP) is 3.21. The van der Waals surface area contributed by atoms with Crippen molar-refractivity contribution in [2.45, 2.75) is 52.2 Å². The van der Waals surface area contributed by atoms with E-state index in [9.17, 15) is 0 Å². The summed E-state index contributed by atoms with van der Waals surface area (Å²) in [5.41, 5.74) is 0.260. The second-order valence-corrected chi connectivity index (χ2v) is 4.31. The molecule has 1 aliphatic heterocycles. The fourth-order valence-corrected chi connectivity index (χ4v) is 2.77. The molecule has 0 aromatic rings. The molecule has 1 aliphatic rings. The highest BCUT2D eigenvalue weighted by Gasteiger charge is 2.43. The van der Waals surface area contributed by atoms with E-state index in [1.165, 1.54) is 12.8 Å². The lowest BCUT2D eigenvalue weighted by Crippen LogP contribution is -2.30. The summed E-state index contributed by atoms with van der Waals surface area (Å²) in [5, 5.41) is 0. The number of hydrogen-bond acceptors (Lipinski definition) is 1. The molecule has 0 radical (unpaired) electrons. The van der Waals surface area contributed by atoms with E-state index in [0.717, 1.165) is 12.3 Å². The first kappa shape index (κ1) is 10.3. The summed E-state index contributed by atoms with van der Waals surface area (Å²) in [4.78, 5) is 0. The summed E-state index contributed by atoms with van der Waals surface area (Å²) in [6, 6.07) is 0. The molecule has 1 saturated heterocycles. The van der Waals surface area contributed by atoms with Gasteiger partial charge in [0.25, 0.3) is 0 Å². The average molecular weight is 191 g/mol. The van der Waals surface area contributed by atoms with Crippen LogP contribution in [0.2, 0.25) is 0 Å². The van der Waals surface area contributed by atoms with E-state index >= 15 is 0 Å². The van der Waals surface area contributed by atoms with Crippen LogP contribution >= 0.6 is 11.6 Å². The van der Waals surface area contributed by atoms with E-state index in [0.29, 0.717) is 12.2 Å². The number of rotatable bonds is 3. The van der Waals surface area contributed by atoms with Crippen LogP contribution in [-0.4, -0.2) is 18.1 Å². The normalized spacial score (nSPS) is 42.0. The van der Waals surface area contributed by atoms with Crippen LogP contribution in [-0.2, 0) is 4.74 Å². The second-order valence-electron chi connectivity index (χ2n) is 4.04. The molecule has 0 amide bonds. The Kier molecular flexibility index (Phi) is 3.42. The van der Waals surface area contributed by atoms with E-state index < -0.39 is 0 Å². The van der Waals surface area contributed by atoms with Crippen molar-refractivity contribution in [2.75, 3.05) is 5.88 Å². The second kappa shape index (κ2) is 3.97. The molecule has 12 heavy (non-hydrogen) atoms. The molecule has 2 heteroatoms. The Morgan fingerprint density at radius 2 is 2.17 bits per heavy atom. The minimum absolute atomic E-state index is 0.260. The van der Waals surface area contributed by atoms with Gasteiger partial charge in [0.15, 0.2) is 0 Å². The van der Waals surface area contributed by atoms with Crippen molar-refractivity contribution >= 4 is 11.6 Å². The maximum absolute atomic E-state index is 6.02. The molecule has 0 bridgehead atoms. The zero-order valence-electron chi connectivity index (χ0n) is 8.27. The molecule has 0 aromatic heterocycles. The lowest BCUT2D eigenvalue weighted by molar-refractivity contribution is 0.0345. The predicted molar refractivity (Wildman–Crippen MR) is 52.7 cm³/mol. The van der Waals surface area contributed by atoms with Gasteiger partial charge in [0, 0.05) is 11.3 Å². The third kappa shape index (κ3) is 1.77. The molecule has 0 N–H and O–H groups in total. The summed E-state index contributed by atoms with van der Waals surface area (Å²) >= 11 is 6.02. The Hall–Kier alpha value is 0.250. The maximum atomic E-state index is 6.02. The Morgan fingerprint density at radius 3 is 2.50 bits per heavy atom. The van der Waals surface area contributed by atoms with Crippen LogP contribution < -0.4 is 0 Å². The minimum atomic E-state index is 0.260. The van der Waals surface area contributed by atoms with Crippen molar-refractivity contribution in [1.29, 1.82) is 0 Å². The molecule has 1 rings (SSSR count). The van der Waals surface area contributed by atoms with Gasteiger partial charge in [-0.3, -0.25) is 0 Å². The molecule has 72 valence electrons. The Balaban J connectivity index is 2.65. The first-order chi connectivity index (χ1) is 5.64. The smallest absolute Gasteiger partial charge is 0.0619 e. The van der Waals surface area contributed by atoms with Crippen molar-refractivity contribution in [2.24, 2.45) is 5.41 Å². The number of ether oxygens (including phenoxy) is 1. The monoisotopic (exact) mass is 190 g/mol. The largest absolute Gasteiger partial charge is 0.375 e. The molecule has 3 atom stereocenters. The summed E-state index contributed by atoms with van der Waals surface area (Å²) in [5.74, 6) is 0.742. The Labute approximate surface area is 80.4 Å². The summed E-state index contributed by atoms with van der Waals surface area (Å²) < 4.78 is 5.74. The maximum Gasteiger partial charge on any atom is 0.0619 e. The van der Waals surface area contributed by atoms with Crippen molar-refractivity contribution in [3.63, 3.8) is 0 Å². The zero-order valence-corrected chi connectivity index (χ0v) is 9.03. The standard InChI is InChI=1S/C10H19ClO/c1-4-5-10(7-11)6-8(2)12-9(10)3/h8-9H,4-7H2,1-3H3. The molecule has 3 unspecified atom stereocenters. The van der Waals surface area contributed by atoms with Crippen LogP contribution in [0.25, 0.3) is 0 Å². The van der Waals surface area contributed by atoms with Crippen LogP contribution in [0.5, 0.6) is 0 Å². The minimum Gasteiger partial charge on any atom is -0.375 e. The molecule has 1 nitrogen and oxygen atoms in total. The molecular formula is C10H19ClO. The summed E-state index contributed by atoms with van der Waals surface area (Å²) in [7, 11) is 0. The average Bonchev–Trinajstić information content (AvgIpc) is 2.28. The highest BCUT2D eigenvalue weighted by Crippen LogP contribution is 2.43. The fraction of sp³-hybridized carbons (Fsp3) is 1.00. The topological polar surface area (TPSA) is 9.23 Å². The quantitative estimate of drug-likeness (QED) is 0.621. The highest BCUT2D eigenvalue weighted by molar-refractivity contribution is 6.18. The van der Waals surface area contributed by atoms with E-state index in [1.807, 2.05) is 0 Å². The van der Waals surface area contributed by atoms with Gasteiger partial charge in [0.05, 0.1) is 12.2 Å². The molecule has 1 fully saturated rings. The van der Waals surface area contributed by atoms with Gasteiger partial charge in [0.2, 0.25) is 0 Å². The van der Waals surface area contributed by atoms with Crippen LogP contribution in [0.15, 0.2) is 0 Å². The van der Waals surface area contributed by atoms with Gasteiger partial charge >= 0.3 is 0 Å². The molecular weight excluding hydrogens is 172 g/mol. The first-order valence-corrected chi connectivity index (χ1v) is 5.39. The first-order valence-electron chi connectivity index (χ1n) is 4.86. The highest BCUT2D eigenvalue weighted by atomic mass is 35.5. The van der Waals surface area contributed by atoms with Crippen molar-refractivity contribution in [3.8, 4) is 0 Å². The zero-order chi connectivity index (χ0) is 9.19. The van der Waals surface area contributed by atoms with E-state index in [2.05, 4.69) is 20.8 Å². The van der Waals surface area contributed by atoms with Crippen molar-refractivity contribution < 1.29 is 4.74 Å². The lowest BCUT2D eigenvalue weighted by Gasteiger charge is -2.29. The van der Waals surface area contributed by atoms with Crippen LogP contribution in [0.3, 0.4) is 0 Å². The Morgan fingerprint density at radius 1 is 1.50 bits per heavy atom. The van der Waals surface area contributed by atoms with Crippen LogP contribution in [0.4, 0.5) is 0 Å². The summed E-state index contributed by atoms with van der Waals surface area (Å²) in [6.07, 6.45) is 4.26. The Bertz CT molecular complexity index is 149. The van der Waals surface area contributed by atoms with Crippen molar-refractivity contribution in [3.05, 3.63) is 0 Å². The van der Waals surface area contributed by atoms with Crippen LogP contribution in [0, 0.1) is 5.41 Å². The van der Waals surface area contributed by atoms with E-state index in [-0.39, 0.29) is 5.41 Å². The van der Waals surface area contributed by atoms with Gasteiger partial charge in [-0.15, -0.1) is 11.6 Å². The molecule has 0 aliphatic carbocycles. The van der Waals surface area contributed by atoms with Gasteiger partial charge < -0.3 is 4.74 Å². The number of alkyl halides is 1. The van der Waals surface area contributed by atoms with Crippen LogP contribution in [0.1, 0.15) is 40.0 Å². The van der Waals surface area contributed by atoms with Gasteiger partial charge in [0.1, 0.15) is 0 Å². The SMILES string of the molecule is CCCC1(CCl)CC(C)OC1C. The lowest BCUT2D eigenvalue weighted by atomic mass is 9.78. The van der Waals surface area contributed by atoms with Gasteiger partial charge in [-0.1, -0.05) is 13.3 Å². The number of halogens is 1. The van der Waals surface area contributed by atoms with Gasteiger partial charge in [-0.05, 0) is 26.7 Å². The number of hydrogen-bond donors (Lipinski definition) is 0. The molecule has 0 spiro atoms. The van der Waals surface area contributed by atoms with Crippen molar-refractivity contribution in [1.82, 2.24) is 0 Å². The third-order valence-corrected chi connectivity index (χ3v) is 3.54. The fourth-order valence-electron chi connectivity index (χ4n) is 2.31. The molecule has 1 heterocycles.